The van der Waals surface area contributed by atoms with Crippen molar-refractivity contribution in [3.8, 4) is 5.75 Å². The Morgan fingerprint density at radius 1 is 1.03 bits per heavy atom. The van der Waals surface area contributed by atoms with Gasteiger partial charge in [0.15, 0.2) is 6.17 Å². The van der Waals surface area contributed by atoms with Gasteiger partial charge in [-0.15, -0.1) is 11.8 Å². The van der Waals surface area contributed by atoms with E-state index in [1.54, 1.807) is 7.11 Å². The third-order valence-electron chi connectivity index (χ3n) is 8.54. The number of benzene rings is 3. The predicted octanol–water partition coefficient (Wildman–Crippen LogP) is 5.40. The molecule has 0 spiro atoms. The van der Waals surface area contributed by atoms with E-state index < -0.39 is 0 Å². The smallest absolute Gasteiger partial charge is 0.169 e. The predicted molar refractivity (Wildman–Crippen MR) is 160 cm³/mol. The molecule has 3 aliphatic rings. The van der Waals surface area contributed by atoms with E-state index in [1.165, 1.54) is 25.8 Å². The summed E-state index contributed by atoms with van der Waals surface area (Å²) in [5.41, 5.74) is 3.93. The zero-order valence-electron chi connectivity index (χ0n) is 22.8. The van der Waals surface area contributed by atoms with Gasteiger partial charge in [0.1, 0.15) is 5.75 Å². The summed E-state index contributed by atoms with van der Waals surface area (Å²) in [6.07, 6.45) is 3.00. The summed E-state index contributed by atoms with van der Waals surface area (Å²) >= 11 is 3.68. The van der Waals surface area contributed by atoms with Crippen molar-refractivity contribution in [2.45, 2.75) is 33.3 Å². The first-order chi connectivity index (χ1) is 19.1. The van der Waals surface area contributed by atoms with Gasteiger partial charge in [-0.3, -0.25) is 15.1 Å². The lowest BCUT2D eigenvalue weighted by Crippen LogP contribution is -2.52. The zero-order chi connectivity index (χ0) is 26.8. The van der Waals surface area contributed by atoms with Crippen LogP contribution in [0.3, 0.4) is 0 Å². The van der Waals surface area contributed by atoms with Crippen molar-refractivity contribution in [2.75, 3.05) is 65.7 Å². The highest BCUT2D eigenvalue weighted by molar-refractivity contribution is 7.99. The lowest BCUT2D eigenvalue weighted by Gasteiger charge is -2.46. The van der Waals surface area contributed by atoms with Gasteiger partial charge in [-0.05, 0) is 54.1 Å². The van der Waals surface area contributed by atoms with E-state index in [-0.39, 0.29) is 10.8 Å². The van der Waals surface area contributed by atoms with Crippen molar-refractivity contribution in [3.05, 3.63) is 88.6 Å². The lowest BCUT2D eigenvalue weighted by molar-refractivity contribution is -0.899. The third kappa shape index (κ3) is 5.75. The van der Waals surface area contributed by atoms with Crippen molar-refractivity contribution < 1.29 is 9.38 Å². The second-order valence-electron chi connectivity index (χ2n) is 10.7. The van der Waals surface area contributed by atoms with Crippen molar-refractivity contribution in [1.29, 1.82) is 0 Å². The number of fused-ring (bicyclic) bond motifs is 2. The number of methoxy groups -OCH3 is 1. The van der Waals surface area contributed by atoms with Crippen LogP contribution in [0, 0.1) is 5.21 Å². The van der Waals surface area contributed by atoms with Crippen LogP contribution in [0.15, 0.2) is 81.4 Å². The summed E-state index contributed by atoms with van der Waals surface area (Å²) in [7, 11) is 1.74. The first kappa shape index (κ1) is 27.1. The normalized spacial score (nSPS) is 25.6. The Morgan fingerprint density at radius 2 is 1.85 bits per heavy atom. The maximum absolute atomic E-state index is 13.8. The Hall–Kier alpha value is -2.04. The number of rotatable bonds is 7. The van der Waals surface area contributed by atoms with Crippen molar-refractivity contribution >= 4 is 23.5 Å². The summed E-state index contributed by atoms with van der Waals surface area (Å²) in [6.45, 7) is 6.92. The number of nitrogens with one attached hydrogen (secondary N) is 1. The van der Waals surface area contributed by atoms with Gasteiger partial charge in [-0.25, -0.2) is 0 Å². The highest BCUT2D eigenvalue weighted by Crippen LogP contribution is 2.45. The monoisotopic (exact) mass is 562 g/mol. The van der Waals surface area contributed by atoms with E-state index in [4.69, 9.17) is 4.74 Å². The van der Waals surface area contributed by atoms with Crippen LogP contribution in [0.25, 0.3) is 0 Å². The molecule has 3 unspecified atom stereocenters. The van der Waals surface area contributed by atoms with Crippen LogP contribution in [0.5, 0.6) is 5.75 Å². The second kappa shape index (κ2) is 11.8. The largest absolute Gasteiger partial charge is 0.631 e. The number of quaternary nitrogens is 1. The molecule has 2 fully saturated rings. The average Bonchev–Trinajstić information content (AvgIpc) is 3.29. The molecule has 3 aromatic rings. The van der Waals surface area contributed by atoms with Gasteiger partial charge in [-0.2, -0.15) is 0 Å². The lowest BCUT2D eigenvalue weighted by atomic mass is 9.96. The van der Waals surface area contributed by atoms with E-state index in [2.05, 4.69) is 69.9 Å². The molecule has 39 heavy (non-hydrogen) atoms. The molecule has 0 aromatic heterocycles. The van der Waals surface area contributed by atoms with Crippen LogP contribution in [-0.4, -0.2) is 80.2 Å². The third-order valence-corrected chi connectivity index (χ3v) is 10.5. The molecule has 3 aliphatic heterocycles. The molecule has 1 N–H and O–H groups in total. The maximum atomic E-state index is 13.8. The summed E-state index contributed by atoms with van der Waals surface area (Å²) in [4.78, 5) is 9.13. The Labute approximate surface area is 240 Å². The van der Waals surface area contributed by atoms with Crippen LogP contribution >= 0.6 is 23.5 Å². The first-order valence-electron chi connectivity index (χ1n) is 13.9. The quantitative estimate of drug-likeness (QED) is 0.235. The Kier molecular flexibility index (Phi) is 8.23. The highest BCUT2D eigenvalue weighted by atomic mass is 32.2. The van der Waals surface area contributed by atoms with Crippen LogP contribution in [0.4, 0.5) is 0 Å². The van der Waals surface area contributed by atoms with E-state index in [1.807, 2.05) is 41.7 Å². The molecule has 0 radical (unpaired) electrons. The topological polar surface area (TPSA) is 50.8 Å². The standard InChI is InChI=1S/C31H38N4O2S2/c1-37-25-9-8-24-20-28(27-22-26(38-2)10-11-29(27)39-30(24)21-25)34-15-13-33(14-16-34)17-19-35(36)18-12-32-31(35)23-6-4-3-5-7-23/h3-11,21-22,28,31-32H,12-20H2,1-2H3. The average molecular weight is 563 g/mol. The fraction of sp³-hybridized carbons (Fsp3) is 0.419. The minimum Gasteiger partial charge on any atom is -0.631 e. The molecule has 6 nitrogen and oxygen atoms in total. The van der Waals surface area contributed by atoms with Gasteiger partial charge in [-0.1, -0.05) is 48.2 Å². The van der Waals surface area contributed by atoms with Gasteiger partial charge < -0.3 is 14.6 Å². The molecule has 0 saturated carbocycles. The first-order valence-corrected chi connectivity index (χ1v) is 16.0. The minimum atomic E-state index is -0.171. The molecule has 8 heteroatoms. The van der Waals surface area contributed by atoms with Crippen molar-refractivity contribution in [1.82, 2.24) is 15.1 Å². The molecule has 0 amide bonds. The van der Waals surface area contributed by atoms with Crippen LogP contribution in [-0.2, 0) is 6.42 Å². The molecule has 6 rings (SSSR count). The fourth-order valence-corrected chi connectivity index (χ4v) is 7.85. The highest BCUT2D eigenvalue weighted by Gasteiger charge is 2.36. The summed E-state index contributed by atoms with van der Waals surface area (Å²) in [6, 6.07) is 24.0. The minimum absolute atomic E-state index is 0.156. The number of thioether (sulfide) groups is 1. The molecular formula is C31H38N4O2S2. The maximum Gasteiger partial charge on any atom is 0.169 e. The molecule has 206 valence electrons. The Balaban J connectivity index is 1.15. The van der Waals surface area contributed by atoms with Gasteiger partial charge in [0, 0.05) is 59.0 Å². The zero-order valence-corrected chi connectivity index (χ0v) is 24.5. The number of ether oxygens (including phenoxy) is 1. The van der Waals surface area contributed by atoms with Gasteiger partial charge >= 0.3 is 0 Å². The number of hydroxylamine groups is 3. The molecule has 3 aromatic carbocycles. The van der Waals surface area contributed by atoms with Crippen molar-refractivity contribution in [2.24, 2.45) is 0 Å². The van der Waals surface area contributed by atoms with Crippen LogP contribution in [0.1, 0.15) is 28.9 Å². The Morgan fingerprint density at radius 3 is 2.62 bits per heavy atom. The SMILES string of the molecule is COc1ccc2c(c1)Sc1ccc(SC)cc1C(N1CCN(CC[N+]3([O-])CCNC3c3ccccc3)CC1)C2. The number of nitrogens with zero attached hydrogens (tertiary/aromatic N) is 3. The van der Waals surface area contributed by atoms with Gasteiger partial charge in [0.2, 0.25) is 0 Å². The van der Waals surface area contributed by atoms with E-state index in [0.717, 1.165) is 57.0 Å². The summed E-state index contributed by atoms with van der Waals surface area (Å²) in [5, 5.41) is 17.3. The molecular weight excluding hydrogens is 525 g/mol. The molecule has 0 aliphatic carbocycles. The number of piperazine rings is 1. The molecule has 2 saturated heterocycles. The van der Waals surface area contributed by atoms with Gasteiger partial charge in [0.25, 0.3) is 0 Å². The van der Waals surface area contributed by atoms with Crippen molar-refractivity contribution in [3.63, 3.8) is 0 Å². The molecule has 3 heterocycles. The summed E-state index contributed by atoms with van der Waals surface area (Å²) < 4.78 is 5.37. The van der Waals surface area contributed by atoms with E-state index in [9.17, 15) is 5.21 Å². The fourth-order valence-electron chi connectivity index (χ4n) is 6.26. The number of hydrogen-bond acceptors (Lipinski definition) is 7. The van der Waals surface area contributed by atoms with Gasteiger partial charge in [0.05, 0.1) is 26.7 Å². The van der Waals surface area contributed by atoms with E-state index in [0.29, 0.717) is 19.1 Å². The van der Waals surface area contributed by atoms with Crippen LogP contribution < -0.4 is 10.1 Å². The summed E-state index contributed by atoms with van der Waals surface area (Å²) in [5.74, 6) is 0.914. The van der Waals surface area contributed by atoms with E-state index >= 15 is 0 Å². The second-order valence-corrected chi connectivity index (χ2v) is 12.7. The van der Waals surface area contributed by atoms with Crippen LogP contribution in [0.2, 0.25) is 0 Å². The molecule has 0 bridgehead atoms. The molecule has 3 atom stereocenters. The number of hydrogen-bond donors (Lipinski definition) is 1. The Bertz CT molecular complexity index is 1280.